The van der Waals surface area contributed by atoms with E-state index < -0.39 is 23.8 Å². The number of amides is 3. The minimum absolute atomic E-state index is 0.110. The number of hydrogen-bond acceptors (Lipinski definition) is 5. The predicted octanol–water partition coefficient (Wildman–Crippen LogP) is 5.34. The summed E-state index contributed by atoms with van der Waals surface area (Å²) in [5, 5.41) is 15.6. The van der Waals surface area contributed by atoms with Crippen LogP contribution in [-0.2, 0) is 20.7 Å². The zero-order chi connectivity index (χ0) is 29.6. The molecule has 1 fully saturated rings. The number of rotatable bonds is 11. The molecule has 0 bridgehead atoms. The minimum atomic E-state index is -0.982. The van der Waals surface area contributed by atoms with Crippen LogP contribution in [0, 0.1) is 19.8 Å². The van der Waals surface area contributed by atoms with Crippen molar-refractivity contribution >= 4 is 17.9 Å². The van der Waals surface area contributed by atoms with Gasteiger partial charge in [0.05, 0.1) is 0 Å². The number of nitrogens with zero attached hydrogens (tertiary/aromatic N) is 1. The lowest BCUT2D eigenvalue weighted by Gasteiger charge is -2.35. The third-order valence-corrected chi connectivity index (χ3v) is 6.96. The molecule has 2 aromatic carbocycles. The Bertz CT molecular complexity index is 1170. The molecule has 0 saturated heterocycles. The van der Waals surface area contributed by atoms with Gasteiger partial charge in [0.1, 0.15) is 23.4 Å². The average molecular weight is 552 g/mol. The molecule has 1 aliphatic rings. The van der Waals surface area contributed by atoms with E-state index >= 15 is 0 Å². The highest BCUT2D eigenvalue weighted by molar-refractivity contribution is 5.93. The van der Waals surface area contributed by atoms with E-state index in [1.54, 1.807) is 49.9 Å². The maximum absolute atomic E-state index is 14.5. The second kappa shape index (κ2) is 13.2. The van der Waals surface area contributed by atoms with Crippen LogP contribution >= 0.6 is 0 Å². The fourth-order valence-electron chi connectivity index (χ4n) is 4.96. The van der Waals surface area contributed by atoms with Crippen molar-refractivity contribution in [3.05, 3.63) is 64.7 Å². The Hall–Kier alpha value is -3.55. The number of benzene rings is 2. The van der Waals surface area contributed by atoms with Gasteiger partial charge in [-0.05, 0) is 76.6 Å². The summed E-state index contributed by atoms with van der Waals surface area (Å²) in [4.78, 5) is 42.9. The van der Waals surface area contributed by atoms with Crippen molar-refractivity contribution in [1.82, 2.24) is 15.5 Å². The summed E-state index contributed by atoms with van der Waals surface area (Å²) in [5.41, 5.74) is 2.77. The van der Waals surface area contributed by atoms with Crippen molar-refractivity contribution in [3.8, 4) is 5.75 Å². The first kappa shape index (κ1) is 31.0. The third-order valence-electron chi connectivity index (χ3n) is 6.96. The molecule has 1 saturated carbocycles. The maximum Gasteiger partial charge on any atom is 0.408 e. The summed E-state index contributed by atoms with van der Waals surface area (Å²) in [6.45, 7) is 13.9. The normalized spacial score (nSPS) is 17.9. The van der Waals surface area contributed by atoms with Gasteiger partial charge in [-0.1, -0.05) is 61.7 Å². The largest absolute Gasteiger partial charge is 0.508 e. The molecule has 218 valence electrons. The molecule has 0 aliphatic heterocycles. The van der Waals surface area contributed by atoms with Crippen LogP contribution < -0.4 is 10.6 Å². The van der Waals surface area contributed by atoms with Crippen molar-refractivity contribution in [2.75, 3.05) is 6.54 Å². The van der Waals surface area contributed by atoms with Gasteiger partial charge < -0.3 is 25.4 Å². The first-order chi connectivity index (χ1) is 18.8. The molecule has 40 heavy (non-hydrogen) atoms. The Labute approximate surface area is 238 Å². The number of alkyl carbamates (subject to hydrolysis) is 1. The molecule has 8 heteroatoms. The van der Waals surface area contributed by atoms with Gasteiger partial charge in [0, 0.05) is 19.0 Å². The van der Waals surface area contributed by atoms with Crippen LogP contribution in [0.4, 0.5) is 4.79 Å². The minimum Gasteiger partial charge on any atom is -0.508 e. The van der Waals surface area contributed by atoms with Gasteiger partial charge in [-0.25, -0.2) is 4.79 Å². The highest BCUT2D eigenvalue weighted by Gasteiger charge is 2.48. The van der Waals surface area contributed by atoms with Crippen LogP contribution in [0.2, 0.25) is 0 Å². The Morgan fingerprint density at radius 2 is 1.68 bits per heavy atom. The number of aryl methyl sites for hydroxylation is 2. The molecule has 4 unspecified atom stereocenters. The van der Waals surface area contributed by atoms with Crippen molar-refractivity contribution in [2.24, 2.45) is 5.92 Å². The second-order valence-corrected chi connectivity index (χ2v) is 12.1. The fourth-order valence-corrected chi connectivity index (χ4v) is 4.96. The smallest absolute Gasteiger partial charge is 0.408 e. The highest BCUT2D eigenvalue weighted by atomic mass is 16.6. The number of carbonyl (C=O) groups excluding carboxylic acids is 3. The molecule has 0 heterocycles. The van der Waals surface area contributed by atoms with Crippen LogP contribution in [0.15, 0.2) is 42.5 Å². The van der Waals surface area contributed by atoms with E-state index in [1.807, 2.05) is 32.0 Å². The summed E-state index contributed by atoms with van der Waals surface area (Å²) >= 11 is 0. The summed E-state index contributed by atoms with van der Waals surface area (Å²) in [5.74, 6) is -0.245. The van der Waals surface area contributed by atoms with E-state index in [0.717, 1.165) is 41.5 Å². The fraction of sp³-hybridized carbons (Fsp3) is 0.531. The number of aromatic hydroxyl groups is 1. The zero-order valence-electron chi connectivity index (χ0n) is 24.9. The van der Waals surface area contributed by atoms with Crippen molar-refractivity contribution in [1.29, 1.82) is 0 Å². The molecule has 8 nitrogen and oxygen atoms in total. The summed E-state index contributed by atoms with van der Waals surface area (Å²) in [6, 6.07) is 10.5. The van der Waals surface area contributed by atoms with E-state index in [2.05, 4.69) is 24.5 Å². The Balaban J connectivity index is 2.05. The lowest BCUT2D eigenvalue weighted by molar-refractivity contribution is -0.143. The van der Waals surface area contributed by atoms with Crippen LogP contribution in [0.25, 0.3) is 0 Å². The average Bonchev–Trinajstić information content (AvgIpc) is 3.56. The highest BCUT2D eigenvalue weighted by Crippen LogP contribution is 2.41. The number of phenols is 1. The van der Waals surface area contributed by atoms with E-state index in [9.17, 15) is 19.5 Å². The van der Waals surface area contributed by atoms with E-state index in [1.165, 1.54) is 0 Å². The molecule has 0 aromatic heterocycles. The van der Waals surface area contributed by atoms with Gasteiger partial charge in [-0.3, -0.25) is 9.59 Å². The molecule has 0 radical (unpaired) electrons. The number of unbranched alkanes of at least 4 members (excludes halogenated alkanes) is 1. The van der Waals surface area contributed by atoms with Gasteiger partial charge in [0.15, 0.2) is 0 Å². The van der Waals surface area contributed by atoms with E-state index in [4.69, 9.17) is 4.74 Å². The molecule has 0 spiro atoms. The lowest BCUT2D eigenvalue weighted by Crippen LogP contribution is -2.54. The van der Waals surface area contributed by atoms with Gasteiger partial charge in [-0.15, -0.1) is 0 Å². The summed E-state index contributed by atoms with van der Waals surface area (Å²) in [7, 11) is 0. The van der Waals surface area contributed by atoms with Crippen LogP contribution in [0.1, 0.15) is 82.2 Å². The van der Waals surface area contributed by atoms with Crippen LogP contribution in [0.5, 0.6) is 5.75 Å². The monoisotopic (exact) mass is 551 g/mol. The van der Waals surface area contributed by atoms with Gasteiger partial charge in [0.2, 0.25) is 11.8 Å². The van der Waals surface area contributed by atoms with Gasteiger partial charge in [0.25, 0.3) is 0 Å². The molecule has 4 atom stereocenters. The van der Waals surface area contributed by atoms with Gasteiger partial charge in [-0.2, -0.15) is 0 Å². The molecule has 2 aromatic rings. The number of carbonyl (C=O) groups is 3. The quantitative estimate of drug-likeness (QED) is 0.327. The topological polar surface area (TPSA) is 108 Å². The summed E-state index contributed by atoms with van der Waals surface area (Å²) < 4.78 is 5.50. The van der Waals surface area contributed by atoms with Crippen molar-refractivity contribution < 1.29 is 24.2 Å². The Kier molecular flexibility index (Phi) is 10.2. The van der Waals surface area contributed by atoms with E-state index in [-0.39, 0.29) is 35.9 Å². The molecular weight excluding hydrogens is 506 g/mol. The number of hydrogen-bond donors (Lipinski definition) is 3. The molecule has 1 aliphatic carbocycles. The molecule has 3 rings (SSSR count). The van der Waals surface area contributed by atoms with Crippen molar-refractivity contribution in [2.45, 2.75) is 97.9 Å². The number of phenolic OH excluding ortho intramolecular Hbond substituents is 1. The third kappa shape index (κ3) is 8.73. The summed E-state index contributed by atoms with van der Waals surface area (Å²) in [6.07, 6.45) is 2.01. The zero-order valence-corrected chi connectivity index (χ0v) is 24.9. The standard InChI is InChI=1S/C32H45N3O5/c1-8-9-14-33-29(37)28(24-16-20(2)15-21(3)17-24)35(27-18-22(27)4)30(38)26(34-31(39)40-32(5,6)7)19-23-10-12-25(36)13-11-23/h10-13,15-17,22,26-28,36H,8-9,14,18-19H2,1-7H3,(H,33,37)(H,34,39). The van der Waals surface area contributed by atoms with Gasteiger partial charge >= 0.3 is 6.09 Å². The Morgan fingerprint density at radius 1 is 1.07 bits per heavy atom. The lowest BCUT2D eigenvalue weighted by atomic mass is 9.97. The second-order valence-electron chi connectivity index (χ2n) is 12.1. The first-order valence-corrected chi connectivity index (χ1v) is 14.2. The molecule has 3 N–H and O–H groups in total. The predicted molar refractivity (Wildman–Crippen MR) is 156 cm³/mol. The van der Waals surface area contributed by atoms with Crippen LogP contribution in [-0.4, -0.2) is 52.1 Å². The van der Waals surface area contributed by atoms with Crippen LogP contribution in [0.3, 0.4) is 0 Å². The Morgan fingerprint density at radius 3 is 2.20 bits per heavy atom. The molecular formula is C32H45N3O5. The number of ether oxygens (including phenoxy) is 1. The molecule has 3 amide bonds. The number of nitrogens with one attached hydrogen (secondary N) is 2. The first-order valence-electron chi connectivity index (χ1n) is 14.2. The van der Waals surface area contributed by atoms with Crippen molar-refractivity contribution in [3.63, 3.8) is 0 Å². The van der Waals surface area contributed by atoms with E-state index in [0.29, 0.717) is 6.54 Å². The maximum atomic E-state index is 14.5. The SMILES string of the molecule is CCCCNC(=O)C(c1cc(C)cc(C)c1)N(C(=O)C(Cc1ccc(O)cc1)NC(=O)OC(C)(C)C)C1CC1C.